The molecule has 1 saturated heterocycles. The normalized spacial score (nSPS) is 19.0. The fraction of sp³-hybridized carbons (Fsp3) is 0.600. The second-order valence-electron chi connectivity index (χ2n) is 6.02. The molecule has 0 spiro atoms. The maximum Gasteiger partial charge on any atom is 0.186 e. The predicted molar refractivity (Wildman–Crippen MR) is 92.9 cm³/mol. The zero-order valence-corrected chi connectivity index (χ0v) is 14.9. The number of hydrogen-bond acceptors (Lipinski definition) is 5. The summed E-state index contributed by atoms with van der Waals surface area (Å²) in [5, 5.41) is 1.45. The number of hydrogen-bond donors (Lipinski definition) is 0. The summed E-state index contributed by atoms with van der Waals surface area (Å²) >= 11 is 7.90. The van der Waals surface area contributed by atoms with Gasteiger partial charge in [0.15, 0.2) is 16.1 Å². The molecule has 2 aromatic rings. The molecule has 0 aliphatic carbocycles. The Labute approximate surface area is 140 Å². The van der Waals surface area contributed by atoms with Crippen molar-refractivity contribution < 1.29 is 0 Å². The number of aromatic nitrogens is 3. The zero-order valence-electron chi connectivity index (χ0n) is 13.3. The van der Waals surface area contributed by atoms with Gasteiger partial charge in [0.25, 0.3) is 0 Å². The minimum atomic E-state index is 0.541. The van der Waals surface area contributed by atoms with E-state index >= 15 is 0 Å². The van der Waals surface area contributed by atoms with Crippen molar-refractivity contribution in [2.24, 2.45) is 0 Å². The Morgan fingerprint density at radius 3 is 2.91 bits per heavy atom. The van der Waals surface area contributed by atoms with Crippen molar-refractivity contribution in [2.45, 2.75) is 31.8 Å². The van der Waals surface area contributed by atoms with Crippen LogP contribution in [0.25, 0.3) is 10.7 Å². The number of nitrogens with zero attached hydrogens (tertiary/aromatic N) is 5. The molecule has 1 aliphatic rings. The van der Waals surface area contributed by atoms with E-state index in [1.165, 1.54) is 19.4 Å². The van der Waals surface area contributed by atoms with Crippen LogP contribution >= 0.6 is 22.9 Å². The summed E-state index contributed by atoms with van der Waals surface area (Å²) in [4.78, 5) is 14.3. The summed E-state index contributed by atoms with van der Waals surface area (Å²) in [7, 11) is 6.17. The Morgan fingerprint density at radius 1 is 1.45 bits per heavy atom. The first-order valence-electron chi connectivity index (χ1n) is 7.61. The van der Waals surface area contributed by atoms with Gasteiger partial charge in [0.05, 0.1) is 0 Å². The summed E-state index contributed by atoms with van der Waals surface area (Å²) in [6.45, 7) is 2.18. The maximum absolute atomic E-state index is 6.31. The van der Waals surface area contributed by atoms with E-state index in [0.717, 1.165) is 28.8 Å². The third-order valence-corrected chi connectivity index (χ3v) is 5.86. The van der Waals surface area contributed by atoms with Gasteiger partial charge >= 0.3 is 0 Å². The number of halogens is 1. The van der Waals surface area contributed by atoms with Gasteiger partial charge < -0.3 is 14.4 Å². The van der Waals surface area contributed by atoms with Crippen LogP contribution in [-0.4, -0.2) is 53.2 Å². The molecule has 1 fully saturated rings. The lowest BCUT2D eigenvalue weighted by atomic mass is 10.1. The molecular weight excluding hydrogens is 318 g/mol. The van der Waals surface area contributed by atoms with Crippen molar-refractivity contribution in [3.05, 3.63) is 17.5 Å². The zero-order chi connectivity index (χ0) is 15.7. The highest BCUT2D eigenvalue weighted by Gasteiger charge is 2.22. The molecular formula is C15H22ClN5S. The summed E-state index contributed by atoms with van der Waals surface area (Å²) in [5.41, 5.74) is 0. The quantitative estimate of drug-likeness (QED) is 0.838. The number of likely N-dealkylation sites (tertiary alicyclic amines) is 1. The SMILES string of the molecule is CN(C)c1nc(Cl)c(-c2nccn2CCC2CCCN2C)s1. The summed E-state index contributed by atoms with van der Waals surface area (Å²) in [6, 6.07) is 0.685. The molecule has 3 heterocycles. The van der Waals surface area contributed by atoms with Crippen LogP contribution in [0.5, 0.6) is 0 Å². The van der Waals surface area contributed by atoms with Gasteiger partial charge in [-0.2, -0.15) is 0 Å². The Kier molecular flexibility index (Phi) is 4.70. The molecule has 0 bridgehead atoms. The van der Waals surface area contributed by atoms with Crippen LogP contribution in [0.2, 0.25) is 5.15 Å². The Morgan fingerprint density at radius 2 is 2.27 bits per heavy atom. The lowest BCUT2D eigenvalue weighted by molar-refractivity contribution is 0.286. The molecule has 120 valence electrons. The fourth-order valence-corrected chi connectivity index (χ4v) is 4.17. The first kappa shape index (κ1) is 15.8. The molecule has 0 amide bonds. The standard InChI is InChI=1S/C15H22ClN5S/c1-19(2)15-18-13(16)12(22-15)14-17-7-10-21(14)9-6-11-5-4-8-20(11)3/h7,10-11H,4-6,8-9H2,1-3H3. The van der Waals surface area contributed by atoms with Crippen molar-refractivity contribution in [2.75, 3.05) is 32.6 Å². The minimum Gasteiger partial charge on any atom is -0.354 e. The van der Waals surface area contributed by atoms with Gasteiger partial charge in [-0.3, -0.25) is 0 Å². The van der Waals surface area contributed by atoms with Crippen molar-refractivity contribution in [3.8, 4) is 10.7 Å². The monoisotopic (exact) mass is 339 g/mol. The summed E-state index contributed by atoms with van der Waals surface area (Å²) in [6.07, 6.45) is 7.64. The number of imidazole rings is 1. The maximum atomic E-state index is 6.31. The molecule has 1 atom stereocenters. The van der Waals surface area contributed by atoms with Crippen molar-refractivity contribution >= 4 is 28.1 Å². The molecule has 1 unspecified atom stereocenters. The van der Waals surface area contributed by atoms with Crippen LogP contribution in [0.4, 0.5) is 5.13 Å². The molecule has 0 saturated carbocycles. The molecule has 7 heteroatoms. The van der Waals surface area contributed by atoms with Gasteiger partial charge in [0, 0.05) is 39.1 Å². The molecule has 2 aromatic heterocycles. The van der Waals surface area contributed by atoms with Crippen molar-refractivity contribution in [1.82, 2.24) is 19.4 Å². The van der Waals surface area contributed by atoms with Crippen LogP contribution in [0, 0.1) is 0 Å². The molecule has 5 nitrogen and oxygen atoms in total. The van der Waals surface area contributed by atoms with Crippen molar-refractivity contribution in [3.63, 3.8) is 0 Å². The number of aryl methyl sites for hydroxylation is 1. The highest BCUT2D eigenvalue weighted by molar-refractivity contribution is 7.19. The van der Waals surface area contributed by atoms with Crippen LogP contribution < -0.4 is 4.90 Å². The molecule has 0 radical (unpaired) electrons. The van der Waals surface area contributed by atoms with E-state index in [-0.39, 0.29) is 0 Å². The lowest BCUT2D eigenvalue weighted by Crippen LogP contribution is -2.26. The van der Waals surface area contributed by atoms with Gasteiger partial charge in [0.1, 0.15) is 4.88 Å². The Hall–Kier alpha value is -1.11. The third kappa shape index (κ3) is 3.14. The highest BCUT2D eigenvalue weighted by atomic mass is 35.5. The second kappa shape index (κ2) is 6.56. The topological polar surface area (TPSA) is 37.2 Å². The Bertz CT molecular complexity index is 636. The first-order chi connectivity index (χ1) is 10.6. The lowest BCUT2D eigenvalue weighted by Gasteiger charge is -2.19. The highest BCUT2D eigenvalue weighted by Crippen LogP contribution is 2.36. The average Bonchev–Trinajstić information content (AvgIpc) is 3.16. The van der Waals surface area contributed by atoms with E-state index in [1.54, 1.807) is 11.3 Å². The van der Waals surface area contributed by atoms with E-state index < -0.39 is 0 Å². The van der Waals surface area contributed by atoms with E-state index in [9.17, 15) is 0 Å². The third-order valence-electron chi connectivity index (χ3n) is 4.25. The molecule has 0 N–H and O–H groups in total. The van der Waals surface area contributed by atoms with Gasteiger partial charge in [0.2, 0.25) is 0 Å². The Balaban J connectivity index is 1.77. The van der Waals surface area contributed by atoms with Crippen LogP contribution in [0.1, 0.15) is 19.3 Å². The van der Waals surface area contributed by atoms with Gasteiger partial charge in [-0.1, -0.05) is 22.9 Å². The van der Waals surface area contributed by atoms with Crippen molar-refractivity contribution in [1.29, 1.82) is 0 Å². The van der Waals surface area contributed by atoms with E-state index in [0.29, 0.717) is 11.2 Å². The van der Waals surface area contributed by atoms with Crippen LogP contribution in [0.3, 0.4) is 0 Å². The van der Waals surface area contributed by atoms with Crippen LogP contribution in [0.15, 0.2) is 12.4 Å². The molecule has 22 heavy (non-hydrogen) atoms. The smallest absolute Gasteiger partial charge is 0.186 e. The minimum absolute atomic E-state index is 0.541. The fourth-order valence-electron chi connectivity index (χ4n) is 2.95. The molecule has 0 aromatic carbocycles. The van der Waals surface area contributed by atoms with E-state index in [2.05, 4.69) is 26.5 Å². The number of rotatable bonds is 5. The largest absolute Gasteiger partial charge is 0.354 e. The van der Waals surface area contributed by atoms with Gasteiger partial charge in [-0.15, -0.1) is 0 Å². The number of thiazole rings is 1. The van der Waals surface area contributed by atoms with E-state index in [4.69, 9.17) is 11.6 Å². The molecule has 3 rings (SSSR count). The molecule has 1 aliphatic heterocycles. The number of anilines is 1. The first-order valence-corrected chi connectivity index (χ1v) is 8.81. The van der Waals surface area contributed by atoms with E-state index in [1.807, 2.05) is 31.4 Å². The average molecular weight is 340 g/mol. The summed E-state index contributed by atoms with van der Waals surface area (Å²) < 4.78 is 2.20. The predicted octanol–water partition coefficient (Wildman–Crippen LogP) is 3.21. The van der Waals surface area contributed by atoms with Gasteiger partial charge in [-0.05, 0) is 32.9 Å². The summed E-state index contributed by atoms with van der Waals surface area (Å²) in [5.74, 6) is 0.927. The second-order valence-corrected chi connectivity index (χ2v) is 7.36. The van der Waals surface area contributed by atoms with Gasteiger partial charge in [-0.25, -0.2) is 9.97 Å². The van der Waals surface area contributed by atoms with Crippen LogP contribution in [-0.2, 0) is 6.54 Å².